The average molecular weight is 263 g/mol. The van der Waals surface area contributed by atoms with Crippen molar-refractivity contribution in [1.29, 1.82) is 0 Å². The largest absolute Gasteiger partial charge is 0.319 e. The van der Waals surface area contributed by atoms with Gasteiger partial charge in [0.2, 0.25) is 0 Å². The summed E-state index contributed by atoms with van der Waals surface area (Å²) in [6, 6.07) is 8.87. The molecule has 1 aliphatic heterocycles. The van der Waals surface area contributed by atoms with Crippen LogP contribution in [0.1, 0.15) is 32.8 Å². The highest BCUT2D eigenvalue weighted by atomic mass is 32.2. The molecule has 0 amide bonds. The van der Waals surface area contributed by atoms with Crippen LogP contribution in [0.5, 0.6) is 0 Å². The molecule has 2 heteroatoms. The third-order valence-electron chi connectivity index (χ3n) is 4.38. The lowest BCUT2D eigenvalue weighted by Crippen LogP contribution is -2.37. The molecule has 18 heavy (non-hydrogen) atoms. The first kappa shape index (κ1) is 14.0. The molecule has 1 aromatic carbocycles. The lowest BCUT2D eigenvalue weighted by molar-refractivity contribution is 0.194. The van der Waals surface area contributed by atoms with Gasteiger partial charge in [0.1, 0.15) is 0 Å². The Labute approximate surface area is 116 Å². The minimum atomic E-state index is 0.397. The fraction of sp³-hybridized carbons (Fsp3) is 0.625. The van der Waals surface area contributed by atoms with Gasteiger partial charge in [0.15, 0.2) is 0 Å². The van der Waals surface area contributed by atoms with E-state index in [1.54, 1.807) is 5.56 Å². The van der Waals surface area contributed by atoms with Gasteiger partial charge in [-0.3, -0.25) is 0 Å². The number of benzene rings is 1. The Morgan fingerprint density at radius 1 is 1.39 bits per heavy atom. The van der Waals surface area contributed by atoms with Gasteiger partial charge in [0.05, 0.1) is 0 Å². The van der Waals surface area contributed by atoms with E-state index in [4.69, 9.17) is 0 Å². The van der Waals surface area contributed by atoms with Crippen LogP contribution in [0.15, 0.2) is 29.2 Å². The van der Waals surface area contributed by atoms with Gasteiger partial charge in [0.25, 0.3) is 0 Å². The van der Waals surface area contributed by atoms with Gasteiger partial charge in [-0.1, -0.05) is 39.0 Å². The third-order valence-corrected chi connectivity index (χ3v) is 5.70. The van der Waals surface area contributed by atoms with Crippen LogP contribution < -0.4 is 5.32 Å². The maximum absolute atomic E-state index is 3.38. The summed E-state index contributed by atoms with van der Waals surface area (Å²) in [4.78, 5) is 1.50. The van der Waals surface area contributed by atoms with E-state index >= 15 is 0 Å². The second-order valence-corrected chi connectivity index (χ2v) is 7.44. The molecule has 0 radical (unpaired) electrons. The van der Waals surface area contributed by atoms with Crippen LogP contribution in [0.25, 0.3) is 0 Å². The molecule has 2 atom stereocenters. The molecule has 0 spiro atoms. The van der Waals surface area contributed by atoms with Gasteiger partial charge in [-0.25, -0.2) is 0 Å². The zero-order valence-corrected chi connectivity index (χ0v) is 12.8. The van der Waals surface area contributed by atoms with Crippen molar-refractivity contribution < 1.29 is 0 Å². The van der Waals surface area contributed by atoms with Crippen molar-refractivity contribution in [2.75, 3.05) is 13.6 Å². The van der Waals surface area contributed by atoms with Gasteiger partial charge in [-0.15, -0.1) is 11.8 Å². The summed E-state index contributed by atoms with van der Waals surface area (Å²) < 4.78 is 0. The lowest BCUT2D eigenvalue weighted by Gasteiger charge is -2.35. The maximum Gasteiger partial charge on any atom is 0.0141 e. The second kappa shape index (κ2) is 5.66. The Balaban J connectivity index is 2.03. The van der Waals surface area contributed by atoms with E-state index in [0.717, 1.165) is 11.8 Å². The molecule has 0 bridgehead atoms. The van der Waals surface area contributed by atoms with Crippen LogP contribution >= 0.6 is 11.8 Å². The van der Waals surface area contributed by atoms with Crippen LogP contribution in [0.4, 0.5) is 0 Å². The van der Waals surface area contributed by atoms with Crippen molar-refractivity contribution in [2.24, 2.45) is 11.3 Å². The van der Waals surface area contributed by atoms with Crippen LogP contribution in [0.2, 0.25) is 0 Å². The standard InChI is InChI=1S/C16H25NS/c1-12(2)16(3,11-17-4)10-14-9-13-7-5-6-8-15(13)18-14/h5-8,12,14,17H,9-11H2,1-4H3. The Hall–Kier alpha value is -0.470. The van der Waals surface area contributed by atoms with E-state index in [9.17, 15) is 0 Å². The Bertz CT molecular complexity index is 377. The zero-order chi connectivity index (χ0) is 13.2. The van der Waals surface area contributed by atoms with Crippen molar-refractivity contribution in [3.63, 3.8) is 0 Å². The normalized spacial score (nSPS) is 21.9. The van der Waals surface area contributed by atoms with Crippen molar-refractivity contribution in [1.82, 2.24) is 5.32 Å². The Kier molecular flexibility index (Phi) is 4.39. The van der Waals surface area contributed by atoms with E-state index in [2.05, 4.69) is 69.2 Å². The van der Waals surface area contributed by atoms with E-state index in [-0.39, 0.29) is 0 Å². The predicted molar refractivity (Wildman–Crippen MR) is 81.3 cm³/mol. The van der Waals surface area contributed by atoms with Crippen molar-refractivity contribution in [3.8, 4) is 0 Å². The SMILES string of the molecule is CNCC(C)(CC1Cc2ccccc2S1)C(C)C. The van der Waals surface area contributed by atoms with Crippen LogP contribution in [0, 0.1) is 11.3 Å². The molecule has 0 fully saturated rings. The van der Waals surface area contributed by atoms with Crippen molar-refractivity contribution in [2.45, 2.75) is 43.8 Å². The maximum atomic E-state index is 3.38. The molecule has 0 saturated heterocycles. The van der Waals surface area contributed by atoms with E-state index < -0.39 is 0 Å². The van der Waals surface area contributed by atoms with Crippen LogP contribution in [-0.4, -0.2) is 18.8 Å². The van der Waals surface area contributed by atoms with Crippen LogP contribution in [0.3, 0.4) is 0 Å². The number of rotatable bonds is 5. The number of hydrogen-bond acceptors (Lipinski definition) is 2. The molecule has 2 rings (SSSR count). The second-order valence-electron chi connectivity index (χ2n) is 6.09. The van der Waals surface area contributed by atoms with E-state index in [0.29, 0.717) is 11.3 Å². The monoisotopic (exact) mass is 263 g/mol. The summed E-state index contributed by atoms with van der Waals surface area (Å²) >= 11 is 2.08. The Morgan fingerprint density at radius 3 is 2.72 bits per heavy atom. The predicted octanol–water partition coefficient (Wildman–Crippen LogP) is 3.98. The summed E-state index contributed by atoms with van der Waals surface area (Å²) in [5.74, 6) is 0.717. The molecule has 100 valence electrons. The molecule has 0 aliphatic carbocycles. The molecule has 1 N–H and O–H groups in total. The molecule has 1 aliphatic rings. The summed E-state index contributed by atoms with van der Waals surface area (Å²) in [6.07, 6.45) is 2.54. The fourth-order valence-corrected chi connectivity index (χ4v) is 4.35. The molecule has 1 aromatic rings. The molecule has 1 heterocycles. The average Bonchev–Trinajstić information content (AvgIpc) is 2.70. The quantitative estimate of drug-likeness (QED) is 0.862. The van der Waals surface area contributed by atoms with Gasteiger partial charge >= 0.3 is 0 Å². The van der Waals surface area contributed by atoms with Gasteiger partial charge in [-0.2, -0.15) is 0 Å². The summed E-state index contributed by atoms with van der Waals surface area (Å²) in [6.45, 7) is 8.24. The van der Waals surface area contributed by atoms with Gasteiger partial charge in [0, 0.05) is 16.7 Å². The first-order valence-electron chi connectivity index (χ1n) is 6.94. The number of thioether (sulfide) groups is 1. The van der Waals surface area contributed by atoms with E-state index in [1.807, 2.05) is 0 Å². The molecular weight excluding hydrogens is 238 g/mol. The third kappa shape index (κ3) is 2.92. The fourth-order valence-electron chi connectivity index (χ4n) is 2.80. The number of fused-ring (bicyclic) bond motifs is 1. The summed E-state index contributed by atoms with van der Waals surface area (Å²) in [5, 5.41) is 4.13. The van der Waals surface area contributed by atoms with Crippen molar-refractivity contribution >= 4 is 11.8 Å². The van der Waals surface area contributed by atoms with Crippen molar-refractivity contribution in [3.05, 3.63) is 29.8 Å². The first-order chi connectivity index (χ1) is 8.55. The molecule has 0 aromatic heterocycles. The summed E-state index contributed by atoms with van der Waals surface area (Å²) in [7, 11) is 2.07. The minimum Gasteiger partial charge on any atom is -0.319 e. The molecule has 0 saturated carbocycles. The van der Waals surface area contributed by atoms with Crippen LogP contribution in [-0.2, 0) is 6.42 Å². The highest BCUT2D eigenvalue weighted by molar-refractivity contribution is 8.00. The smallest absolute Gasteiger partial charge is 0.0141 e. The molecule has 1 nitrogen and oxygen atoms in total. The van der Waals surface area contributed by atoms with Gasteiger partial charge in [-0.05, 0) is 42.9 Å². The lowest BCUT2D eigenvalue weighted by atomic mass is 9.74. The topological polar surface area (TPSA) is 12.0 Å². The number of nitrogens with one attached hydrogen (secondary N) is 1. The zero-order valence-electron chi connectivity index (χ0n) is 12.0. The minimum absolute atomic E-state index is 0.397. The van der Waals surface area contributed by atoms with Gasteiger partial charge < -0.3 is 5.32 Å². The molecule has 2 unspecified atom stereocenters. The molecular formula is C16H25NS. The Morgan fingerprint density at radius 2 is 2.11 bits per heavy atom. The number of hydrogen-bond donors (Lipinski definition) is 1. The first-order valence-corrected chi connectivity index (χ1v) is 7.82. The highest BCUT2D eigenvalue weighted by Gasteiger charge is 2.33. The summed E-state index contributed by atoms with van der Waals surface area (Å²) in [5.41, 5.74) is 1.94. The van der Waals surface area contributed by atoms with E-state index in [1.165, 1.54) is 17.7 Å². The highest BCUT2D eigenvalue weighted by Crippen LogP contribution is 2.44.